The van der Waals surface area contributed by atoms with Gasteiger partial charge in [-0.05, 0) is 18.2 Å². The molecule has 116 valence electrons. The minimum absolute atomic E-state index is 0.130. The van der Waals surface area contributed by atoms with Gasteiger partial charge in [0.1, 0.15) is 5.15 Å². The fraction of sp³-hybridized carbons (Fsp3) is 0.188. The molecule has 0 N–H and O–H groups in total. The van der Waals surface area contributed by atoms with E-state index in [1.54, 1.807) is 17.4 Å². The Morgan fingerprint density at radius 3 is 2.83 bits per heavy atom. The van der Waals surface area contributed by atoms with Gasteiger partial charge in [0.25, 0.3) is 0 Å². The Hall–Kier alpha value is -2.02. The molecule has 0 radical (unpaired) electrons. The van der Waals surface area contributed by atoms with Crippen LogP contribution in [-0.2, 0) is 0 Å². The summed E-state index contributed by atoms with van der Waals surface area (Å²) in [6.07, 6.45) is 5.94. The van der Waals surface area contributed by atoms with E-state index in [0.717, 1.165) is 16.6 Å². The SMILES string of the molecule is CN1C=C(c2cnc3ccc(Cl)nc3c2)C(c2cncs2)N1C. The van der Waals surface area contributed by atoms with Crippen molar-refractivity contribution in [1.29, 1.82) is 0 Å². The zero-order valence-corrected chi connectivity index (χ0v) is 14.2. The fourth-order valence-corrected chi connectivity index (χ4v) is 3.74. The maximum Gasteiger partial charge on any atom is 0.129 e. The highest BCUT2D eigenvalue weighted by molar-refractivity contribution is 7.09. The van der Waals surface area contributed by atoms with Crippen molar-refractivity contribution in [3.05, 3.63) is 57.9 Å². The molecule has 1 aliphatic rings. The first-order valence-corrected chi connectivity index (χ1v) is 8.37. The third-order valence-corrected chi connectivity index (χ3v) is 5.09. The second kappa shape index (κ2) is 5.56. The van der Waals surface area contributed by atoms with Crippen molar-refractivity contribution in [3.63, 3.8) is 0 Å². The molecule has 3 aromatic heterocycles. The highest BCUT2D eigenvalue weighted by atomic mass is 35.5. The number of hydrogen-bond acceptors (Lipinski definition) is 6. The largest absolute Gasteiger partial charge is 0.315 e. The van der Waals surface area contributed by atoms with Crippen LogP contribution in [0, 0.1) is 0 Å². The van der Waals surface area contributed by atoms with E-state index in [1.807, 2.05) is 37.1 Å². The van der Waals surface area contributed by atoms with E-state index in [2.05, 4.69) is 38.2 Å². The van der Waals surface area contributed by atoms with Crippen LogP contribution in [0.25, 0.3) is 16.6 Å². The maximum absolute atomic E-state index is 6.01. The Balaban J connectivity index is 1.83. The Bertz CT molecular complexity index is 893. The second-order valence-electron chi connectivity index (χ2n) is 5.43. The van der Waals surface area contributed by atoms with Crippen LogP contribution in [0.3, 0.4) is 0 Å². The zero-order chi connectivity index (χ0) is 16.0. The number of aromatic nitrogens is 3. The molecule has 5 nitrogen and oxygen atoms in total. The first kappa shape index (κ1) is 14.6. The molecule has 0 aromatic carbocycles. The molecule has 0 bridgehead atoms. The Morgan fingerprint density at radius 1 is 1.17 bits per heavy atom. The van der Waals surface area contributed by atoms with Crippen LogP contribution in [0.4, 0.5) is 0 Å². The summed E-state index contributed by atoms with van der Waals surface area (Å²) < 4.78 is 0. The van der Waals surface area contributed by atoms with Crippen molar-refractivity contribution in [3.8, 4) is 0 Å². The number of hydrazine groups is 1. The molecular weight excluding hydrogens is 330 g/mol. The molecule has 0 aliphatic carbocycles. The molecule has 0 amide bonds. The Morgan fingerprint density at radius 2 is 2.04 bits per heavy atom. The van der Waals surface area contributed by atoms with Crippen molar-refractivity contribution in [1.82, 2.24) is 25.0 Å². The molecule has 3 aromatic rings. The lowest BCUT2D eigenvalue weighted by Gasteiger charge is -2.26. The lowest BCUT2D eigenvalue weighted by atomic mass is 10.0. The van der Waals surface area contributed by atoms with Gasteiger partial charge in [0.05, 0.1) is 22.6 Å². The van der Waals surface area contributed by atoms with Crippen LogP contribution < -0.4 is 0 Å². The Labute approximate surface area is 142 Å². The second-order valence-corrected chi connectivity index (χ2v) is 6.74. The summed E-state index contributed by atoms with van der Waals surface area (Å²) in [5.41, 5.74) is 5.72. The molecule has 4 heterocycles. The molecule has 0 saturated heterocycles. The summed E-state index contributed by atoms with van der Waals surface area (Å²) in [5.74, 6) is 0. The van der Waals surface area contributed by atoms with Crippen molar-refractivity contribution >= 4 is 39.5 Å². The van der Waals surface area contributed by atoms with Crippen molar-refractivity contribution < 1.29 is 0 Å². The number of pyridine rings is 2. The monoisotopic (exact) mass is 343 g/mol. The summed E-state index contributed by atoms with van der Waals surface area (Å²) in [4.78, 5) is 14.3. The van der Waals surface area contributed by atoms with Crippen LogP contribution in [0.1, 0.15) is 16.5 Å². The Kier molecular flexibility index (Phi) is 3.52. The van der Waals surface area contributed by atoms with Crippen molar-refractivity contribution in [2.24, 2.45) is 0 Å². The highest BCUT2D eigenvalue weighted by Crippen LogP contribution is 2.41. The number of halogens is 1. The van der Waals surface area contributed by atoms with Crippen LogP contribution in [0.2, 0.25) is 5.15 Å². The predicted molar refractivity (Wildman–Crippen MR) is 92.9 cm³/mol. The average Bonchev–Trinajstić information content (AvgIpc) is 3.15. The molecule has 0 spiro atoms. The third kappa shape index (κ3) is 2.49. The van der Waals surface area contributed by atoms with Gasteiger partial charge in [-0.3, -0.25) is 9.97 Å². The maximum atomic E-state index is 6.01. The van der Waals surface area contributed by atoms with Crippen LogP contribution in [-0.4, -0.2) is 39.1 Å². The van der Waals surface area contributed by atoms with Gasteiger partial charge in [-0.2, -0.15) is 0 Å². The summed E-state index contributed by atoms with van der Waals surface area (Å²) in [7, 11) is 4.10. The molecular formula is C16H14ClN5S. The normalized spacial score (nSPS) is 18.7. The predicted octanol–water partition coefficient (Wildman–Crippen LogP) is 3.61. The standard InChI is InChI=1S/C16H14ClN5S/c1-21-8-11(16(22(21)2)14-7-18-9-23-14)10-5-13-12(19-6-10)3-4-15(17)20-13/h3-9,16H,1-2H3. The minimum Gasteiger partial charge on any atom is -0.315 e. The molecule has 0 saturated carbocycles. The first-order valence-electron chi connectivity index (χ1n) is 7.12. The summed E-state index contributed by atoms with van der Waals surface area (Å²) in [6.45, 7) is 0. The van der Waals surface area contributed by atoms with Crippen molar-refractivity contribution in [2.75, 3.05) is 14.1 Å². The van der Waals surface area contributed by atoms with Crippen LogP contribution >= 0.6 is 22.9 Å². The molecule has 7 heteroatoms. The van der Waals surface area contributed by atoms with E-state index in [-0.39, 0.29) is 6.04 Å². The van der Waals surface area contributed by atoms with Gasteiger partial charge in [0.15, 0.2) is 0 Å². The third-order valence-electron chi connectivity index (χ3n) is 4.05. The van der Waals surface area contributed by atoms with Gasteiger partial charge < -0.3 is 5.01 Å². The van der Waals surface area contributed by atoms with Gasteiger partial charge >= 0.3 is 0 Å². The quantitative estimate of drug-likeness (QED) is 0.665. The van der Waals surface area contributed by atoms with Gasteiger partial charge in [-0.1, -0.05) is 11.6 Å². The molecule has 1 unspecified atom stereocenters. The van der Waals surface area contributed by atoms with Gasteiger partial charge in [0.2, 0.25) is 0 Å². The number of hydrogen-bond donors (Lipinski definition) is 0. The molecule has 1 aliphatic heterocycles. The van der Waals surface area contributed by atoms with E-state index in [9.17, 15) is 0 Å². The summed E-state index contributed by atoms with van der Waals surface area (Å²) in [5, 5.41) is 4.73. The number of likely N-dealkylation sites (N-methyl/N-ethyl adjacent to an activating group) is 1. The van der Waals surface area contributed by atoms with E-state index in [0.29, 0.717) is 5.15 Å². The number of nitrogens with zero attached hydrogens (tertiary/aromatic N) is 5. The smallest absolute Gasteiger partial charge is 0.129 e. The topological polar surface area (TPSA) is 45.2 Å². The number of rotatable bonds is 2. The van der Waals surface area contributed by atoms with E-state index >= 15 is 0 Å². The number of fused-ring (bicyclic) bond motifs is 1. The summed E-state index contributed by atoms with van der Waals surface area (Å²) >= 11 is 7.66. The molecule has 23 heavy (non-hydrogen) atoms. The molecule has 0 fully saturated rings. The zero-order valence-electron chi connectivity index (χ0n) is 12.6. The van der Waals surface area contributed by atoms with Gasteiger partial charge in [-0.15, -0.1) is 11.3 Å². The highest BCUT2D eigenvalue weighted by Gasteiger charge is 2.31. The van der Waals surface area contributed by atoms with Crippen LogP contribution in [0.15, 0.2) is 42.3 Å². The van der Waals surface area contributed by atoms with Crippen LogP contribution in [0.5, 0.6) is 0 Å². The first-order chi connectivity index (χ1) is 11.1. The minimum atomic E-state index is 0.130. The number of thiazole rings is 1. The molecule has 4 rings (SSSR count). The van der Waals surface area contributed by atoms with E-state index in [4.69, 9.17) is 11.6 Å². The lowest BCUT2D eigenvalue weighted by Crippen LogP contribution is -2.30. The van der Waals surface area contributed by atoms with E-state index < -0.39 is 0 Å². The van der Waals surface area contributed by atoms with Gasteiger partial charge in [0, 0.05) is 48.7 Å². The van der Waals surface area contributed by atoms with Gasteiger partial charge in [-0.25, -0.2) is 9.99 Å². The average molecular weight is 344 g/mol. The summed E-state index contributed by atoms with van der Waals surface area (Å²) in [6, 6.07) is 5.82. The van der Waals surface area contributed by atoms with Crippen molar-refractivity contribution in [2.45, 2.75) is 6.04 Å². The molecule has 1 atom stereocenters. The fourth-order valence-electron chi connectivity index (χ4n) is 2.82. The lowest BCUT2D eigenvalue weighted by molar-refractivity contribution is 0.0765. The van der Waals surface area contributed by atoms with E-state index in [1.165, 1.54) is 10.5 Å².